The van der Waals surface area contributed by atoms with E-state index in [-0.39, 0.29) is 6.61 Å². The smallest absolute Gasteiger partial charge is 0.338 e. The summed E-state index contributed by atoms with van der Waals surface area (Å²) in [6.45, 7) is 6.71. The number of carbonyl (C=O) groups is 2. The molecular formula is C14H15IO4. The first-order chi connectivity index (χ1) is 8.90. The van der Waals surface area contributed by atoms with Gasteiger partial charge in [0.2, 0.25) is 0 Å². The van der Waals surface area contributed by atoms with Crippen molar-refractivity contribution >= 4 is 34.5 Å². The van der Waals surface area contributed by atoms with Crippen LogP contribution in [0.15, 0.2) is 36.4 Å². The lowest BCUT2D eigenvalue weighted by atomic mass is 10.2. The molecule has 0 aliphatic carbocycles. The maximum Gasteiger partial charge on any atom is 0.338 e. The van der Waals surface area contributed by atoms with Crippen molar-refractivity contribution in [2.75, 3.05) is 6.61 Å². The third-order valence-electron chi connectivity index (χ3n) is 2.19. The number of hydrogen-bond donors (Lipinski definition) is 0. The maximum absolute atomic E-state index is 11.8. The van der Waals surface area contributed by atoms with Crippen LogP contribution in [-0.4, -0.2) is 24.6 Å². The summed E-state index contributed by atoms with van der Waals surface area (Å²) in [5.74, 6) is -0.924. The molecule has 4 nitrogen and oxygen atoms in total. The van der Waals surface area contributed by atoms with Crippen LogP contribution >= 0.6 is 22.6 Å². The molecule has 0 spiro atoms. The normalized spacial score (nSPS) is 11.5. The number of esters is 2. The Kier molecular flexibility index (Phi) is 6.01. The molecule has 5 heteroatoms. The first kappa shape index (κ1) is 15.7. The van der Waals surface area contributed by atoms with Crippen LogP contribution in [0.4, 0.5) is 0 Å². The number of halogens is 1. The lowest BCUT2D eigenvalue weighted by Gasteiger charge is -2.13. The number of hydrogen-bond acceptors (Lipinski definition) is 4. The molecule has 0 saturated heterocycles. The summed E-state index contributed by atoms with van der Waals surface area (Å²) in [5, 5.41) is 0. The molecule has 0 fully saturated rings. The summed E-state index contributed by atoms with van der Waals surface area (Å²) >= 11 is 2.15. The quantitative estimate of drug-likeness (QED) is 0.452. The Labute approximate surface area is 125 Å². The second-order valence-corrected chi connectivity index (χ2v) is 5.35. The van der Waals surface area contributed by atoms with E-state index < -0.39 is 18.0 Å². The van der Waals surface area contributed by atoms with Gasteiger partial charge in [0.05, 0.1) is 5.56 Å². The number of carbonyl (C=O) groups excluding carboxylic acids is 2. The van der Waals surface area contributed by atoms with Gasteiger partial charge in [-0.05, 0) is 60.7 Å². The van der Waals surface area contributed by atoms with Gasteiger partial charge in [-0.1, -0.05) is 6.58 Å². The molecule has 102 valence electrons. The van der Waals surface area contributed by atoms with E-state index in [1.165, 1.54) is 0 Å². The van der Waals surface area contributed by atoms with Crippen LogP contribution in [0.2, 0.25) is 0 Å². The molecule has 0 N–H and O–H groups in total. The van der Waals surface area contributed by atoms with E-state index >= 15 is 0 Å². The fourth-order valence-corrected chi connectivity index (χ4v) is 1.55. The van der Waals surface area contributed by atoms with E-state index in [2.05, 4.69) is 29.2 Å². The van der Waals surface area contributed by atoms with E-state index in [4.69, 9.17) is 9.47 Å². The Morgan fingerprint density at radius 1 is 1.32 bits per heavy atom. The second kappa shape index (κ2) is 7.28. The zero-order valence-electron chi connectivity index (χ0n) is 10.8. The highest BCUT2D eigenvalue weighted by Crippen LogP contribution is 2.09. The molecule has 1 atom stereocenters. The molecule has 0 amide bonds. The van der Waals surface area contributed by atoms with Crippen LogP contribution < -0.4 is 0 Å². The van der Waals surface area contributed by atoms with Crippen LogP contribution in [0.1, 0.15) is 24.2 Å². The van der Waals surface area contributed by atoms with Gasteiger partial charge in [0.25, 0.3) is 0 Å². The predicted octanol–water partition coefficient (Wildman–Crippen LogP) is 2.96. The van der Waals surface area contributed by atoms with Crippen molar-refractivity contribution < 1.29 is 19.1 Å². The van der Waals surface area contributed by atoms with Gasteiger partial charge >= 0.3 is 11.9 Å². The Morgan fingerprint density at radius 2 is 1.89 bits per heavy atom. The maximum atomic E-state index is 11.8. The average Bonchev–Trinajstić information content (AvgIpc) is 2.36. The highest BCUT2D eigenvalue weighted by atomic mass is 127. The molecule has 0 bridgehead atoms. The highest BCUT2D eigenvalue weighted by molar-refractivity contribution is 14.1. The molecule has 0 aromatic heterocycles. The summed E-state index contributed by atoms with van der Waals surface area (Å²) in [7, 11) is 0. The fraction of sp³-hybridized carbons (Fsp3) is 0.286. The summed E-state index contributed by atoms with van der Waals surface area (Å²) < 4.78 is 11.1. The third kappa shape index (κ3) is 5.42. The van der Waals surface area contributed by atoms with Crippen molar-refractivity contribution in [2.45, 2.75) is 20.0 Å². The van der Waals surface area contributed by atoms with Crippen molar-refractivity contribution in [3.05, 3.63) is 45.6 Å². The largest absolute Gasteiger partial charge is 0.458 e. The van der Waals surface area contributed by atoms with Crippen LogP contribution in [0.3, 0.4) is 0 Å². The van der Waals surface area contributed by atoms with Crippen molar-refractivity contribution in [1.82, 2.24) is 0 Å². The van der Waals surface area contributed by atoms with Gasteiger partial charge in [0.15, 0.2) is 0 Å². The minimum atomic E-state index is -0.505. The fourth-order valence-electron chi connectivity index (χ4n) is 1.19. The Balaban J connectivity index is 2.46. The van der Waals surface area contributed by atoms with Gasteiger partial charge in [0.1, 0.15) is 12.7 Å². The van der Waals surface area contributed by atoms with Gasteiger partial charge < -0.3 is 9.47 Å². The van der Waals surface area contributed by atoms with Gasteiger partial charge in [-0.25, -0.2) is 9.59 Å². The first-order valence-electron chi connectivity index (χ1n) is 5.69. The lowest BCUT2D eigenvalue weighted by molar-refractivity contribution is -0.141. The van der Waals surface area contributed by atoms with Crippen molar-refractivity contribution in [3.63, 3.8) is 0 Å². The minimum Gasteiger partial charge on any atom is -0.458 e. The molecular weight excluding hydrogens is 359 g/mol. The molecule has 1 aromatic carbocycles. The van der Waals surface area contributed by atoms with Crippen LogP contribution in [-0.2, 0) is 14.3 Å². The average molecular weight is 374 g/mol. The Morgan fingerprint density at radius 3 is 2.42 bits per heavy atom. The number of ether oxygens (including phenoxy) is 2. The summed E-state index contributed by atoms with van der Waals surface area (Å²) in [5.41, 5.74) is 0.787. The van der Waals surface area contributed by atoms with E-state index in [1.807, 2.05) is 12.1 Å². The second-order valence-electron chi connectivity index (χ2n) is 4.10. The molecule has 0 aliphatic rings. The summed E-state index contributed by atoms with van der Waals surface area (Å²) in [6, 6.07) is 7.03. The van der Waals surface area contributed by atoms with Crippen molar-refractivity contribution in [3.8, 4) is 0 Å². The van der Waals surface area contributed by atoms with Gasteiger partial charge in [-0.2, -0.15) is 0 Å². The van der Waals surface area contributed by atoms with Crippen LogP contribution in [0.5, 0.6) is 0 Å². The summed E-state index contributed by atoms with van der Waals surface area (Å²) in [6.07, 6.45) is -0.505. The van der Waals surface area contributed by atoms with Gasteiger partial charge in [-0.15, -0.1) is 0 Å². The lowest BCUT2D eigenvalue weighted by Crippen LogP contribution is -2.22. The van der Waals surface area contributed by atoms with E-state index in [9.17, 15) is 9.59 Å². The summed E-state index contributed by atoms with van der Waals surface area (Å²) in [4.78, 5) is 22.9. The number of rotatable bonds is 5. The molecule has 19 heavy (non-hydrogen) atoms. The zero-order chi connectivity index (χ0) is 14.4. The number of benzene rings is 1. The minimum absolute atomic E-state index is 0.0157. The standard InChI is InChI=1S/C14H15IO4/c1-9(2)13(16)18-8-10(3)19-14(17)11-4-6-12(15)7-5-11/h4-7,10H,1,8H2,2-3H3. The Hall–Kier alpha value is -1.37. The molecule has 1 unspecified atom stereocenters. The van der Waals surface area contributed by atoms with E-state index in [1.54, 1.807) is 26.0 Å². The molecule has 1 aromatic rings. The monoisotopic (exact) mass is 374 g/mol. The molecule has 0 saturated carbocycles. The van der Waals surface area contributed by atoms with E-state index in [0.717, 1.165) is 3.57 Å². The first-order valence-corrected chi connectivity index (χ1v) is 6.77. The topological polar surface area (TPSA) is 52.6 Å². The molecule has 0 heterocycles. The SMILES string of the molecule is C=C(C)C(=O)OCC(C)OC(=O)c1ccc(I)cc1. The van der Waals surface area contributed by atoms with E-state index in [0.29, 0.717) is 11.1 Å². The zero-order valence-corrected chi connectivity index (χ0v) is 13.0. The van der Waals surface area contributed by atoms with Crippen molar-refractivity contribution in [1.29, 1.82) is 0 Å². The van der Waals surface area contributed by atoms with Crippen LogP contribution in [0, 0.1) is 3.57 Å². The third-order valence-corrected chi connectivity index (χ3v) is 2.90. The molecule has 1 rings (SSSR count). The highest BCUT2D eigenvalue weighted by Gasteiger charge is 2.14. The van der Waals surface area contributed by atoms with Gasteiger partial charge in [0, 0.05) is 9.14 Å². The van der Waals surface area contributed by atoms with Crippen LogP contribution in [0.25, 0.3) is 0 Å². The van der Waals surface area contributed by atoms with Crippen molar-refractivity contribution in [2.24, 2.45) is 0 Å². The Bertz CT molecular complexity index is 479. The molecule has 0 radical (unpaired) electrons. The predicted molar refractivity (Wildman–Crippen MR) is 79.8 cm³/mol. The van der Waals surface area contributed by atoms with Gasteiger partial charge in [-0.3, -0.25) is 0 Å². The molecule has 0 aliphatic heterocycles.